The van der Waals surface area contributed by atoms with Crippen molar-refractivity contribution in [3.8, 4) is 0 Å². The van der Waals surface area contributed by atoms with Gasteiger partial charge in [0, 0.05) is 12.6 Å². The van der Waals surface area contributed by atoms with Crippen molar-refractivity contribution in [1.82, 2.24) is 10.6 Å². The first-order chi connectivity index (χ1) is 10.5. The van der Waals surface area contributed by atoms with Crippen LogP contribution in [0.2, 0.25) is 0 Å². The minimum Gasteiger partial charge on any atom is -0.444 e. The number of nitrogens with one attached hydrogen (secondary N) is 2. The van der Waals surface area contributed by atoms with Crippen LogP contribution in [0.3, 0.4) is 0 Å². The predicted octanol–water partition coefficient (Wildman–Crippen LogP) is 4.34. The molecule has 1 amide bonds. The second-order valence-electron chi connectivity index (χ2n) is 9.21. The fraction of sp³-hybridized carbons (Fsp3) is 0.947. The van der Waals surface area contributed by atoms with Crippen LogP contribution >= 0.6 is 0 Å². The highest BCUT2D eigenvalue weighted by Gasteiger charge is 2.28. The van der Waals surface area contributed by atoms with Gasteiger partial charge in [0.1, 0.15) is 5.60 Å². The lowest BCUT2D eigenvalue weighted by molar-refractivity contribution is 0.0510. The van der Waals surface area contributed by atoms with E-state index in [9.17, 15) is 4.79 Å². The molecule has 4 nitrogen and oxygen atoms in total. The second-order valence-corrected chi connectivity index (χ2v) is 9.21. The molecule has 1 fully saturated rings. The molecule has 3 atom stereocenters. The van der Waals surface area contributed by atoms with Crippen LogP contribution in [0.25, 0.3) is 0 Å². The highest BCUT2D eigenvalue weighted by atomic mass is 16.6. The Morgan fingerprint density at radius 2 is 1.74 bits per heavy atom. The number of rotatable bonds is 5. The van der Waals surface area contributed by atoms with Gasteiger partial charge < -0.3 is 15.4 Å². The van der Waals surface area contributed by atoms with E-state index in [1.807, 2.05) is 20.8 Å². The molecular weight excluding hydrogens is 288 g/mol. The number of ether oxygens (including phenoxy) is 1. The molecule has 0 aromatic heterocycles. The Kier molecular flexibility index (Phi) is 7.37. The summed E-state index contributed by atoms with van der Waals surface area (Å²) in [6.07, 6.45) is 4.62. The number of amides is 1. The number of hydrogen-bond donors (Lipinski definition) is 2. The maximum Gasteiger partial charge on any atom is 0.407 e. The Hall–Kier alpha value is -0.770. The molecule has 0 aromatic carbocycles. The third kappa shape index (κ3) is 8.05. The normalized spacial score (nSPS) is 24.1. The van der Waals surface area contributed by atoms with Gasteiger partial charge in [0.15, 0.2) is 0 Å². The van der Waals surface area contributed by atoms with E-state index in [0.717, 1.165) is 6.54 Å². The van der Waals surface area contributed by atoms with Crippen molar-refractivity contribution in [3.63, 3.8) is 0 Å². The van der Waals surface area contributed by atoms with Crippen LogP contribution in [0.4, 0.5) is 4.79 Å². The molecule has 0 aliphatic heterocycles. The van der Waals surface area contributed by atoms with Crippen LogP contribution in [0.15, 0.2) is 0 Å². The van der Waals surface area contributed by atoms with E-state index >= 15 is 0 Å². The molecule has 0 spiro atoms. The van der Waals surface area contributed by atoms with E-state index in [2.05, 4.69) is 38.3 Å². The molecule has 0 heterocycles. The molecule has 1 aliphatic carbocycles. The van der Waals surface area contributed by atoms with E-state index in [0.29, 0.717) is 29.8 Å². The molecule has 0 aromatic rings. The van der Waals surface area contributed by atoms with E-state index in [1.54, 1.807) is 0 Å². The van der Waals surface area contributed by atoms with Gasteiger partial charge in [-0.25, -0.2) is 4.79 Å². The van der Waals surface area contributed by atoms with Crippen LogP contribution < -0.4 is 10.6 Å². The quantitative estimate of drug-likeness (QED) is 0.790. The van der Waals surface area contributed by atoms with Gasteiger partial charge in [-0.05, 0) is 57.4 Å². The third-order valence-corrected chi connectivity index (χ3v) is 4.98. The molecule has 0 bridgehead atoms. The minimum atomic E-state index is -0.434. The summed E-state index contributed by atoms with van der Waals surface area (Å²) in [6, 6.07) is 0.503. The molecule has 2 N–H and O–H groups in total. The molecule has 1 aliphatic rings. The van der Waals surface area contributed by atoms with Gasteiger partial charge in [0.05, 0.1) is 0 Å². The number of carbonyl (C=O) groups is 1. The Balaban J connectivity index is 2.44. The molecule has 1 rings (SSSR count). The summed E-state index contributed by atoms with van der Waals surface area (Å²) in [7, 11) is 0. The molecule has 23 heavy (non-hydrogen) atoms. The Bertz CT molecular complexity index is 369. The lowest BCUT2D eigenvalue weighted by atomic mass is 9.80. The van der Waals surface area contributed by atoms with Gasteiger partial charge in [-0.3, -0.25) is 0 Å². The van der Waals surface area contributed by atoms with Gasteiger partial charge in [0.25, 0.3) is 0 Å². The van der Waals surface area contributed by atoms with Crippen LogP contribution in [-0.2, 0) is 4.74 Å². The van der Waals surface area contributed by atoms with E-state index in [1.165, 1.54) is 25.7 Å². The highest BCUT2D eigenvalue weighted by Crippen LogP contribution is 2.27. The van der Waals surface area contributed by atoms with Gasteiger partial charge in [-0.2, -0.15) is 0 Å². The fourth-order valence-electron chi connectivity index (χ4n) is 2.88. The molecule has 4 heteroatoms. The Morgan fingerprint density at radius 1 is 1.13 bits per heavy atom. The fourth-order valence-corrected chi connectivity index (χ4v) is 2.88. The summed E-state index contributed by atoms with van der Waals surface area (Å²) < 4.78 is 5.34. The first-order valence-electron chi connectivity index (χ1n) is 9.19. The summed E-state index contributed by atoms with van der Waals surface area (Å²) >= 11 is 0. The topological polar surface area (TPSA) is 50.4 Å². The van der Waals surface area contributed by atoms with Crippen molar-refractivity contribution in [2.24, 2.45) is 17.3 Å². The zero-order chi connectivity index (χ0) is 17.7. The molecular formula is C19H38N2O2. The van der Waals surface area contributed by atoms with Gasteiger partial charge in [-0.15, -0.1) is 0 Å². The van der Waals surface area contributed by atoms with Crippen LogP contribution in [0, 0.1) is 17.3 Å². The first kappa shape index (κ1) is 20.3. The van der Waals surface area contributed by atoms with Crippen molar-refractivity contribution in [2.45, 2.75) is 85.8 Å². The molecule has 0 saturated heterocycles. The molecule has 0 radical (unpaired) electrons. The third-order valence-electron chi connectivity index (χ3n) is 4.98. The number of alkyl carbamates (subject to hydrolysis) is 1. The average molecular weight is 327 g/mol. The average Bonchev–Trinajstić information content (AvgIpc) is 2.40. The Morgan fingerprint density at radius 3 is 2.30 bits per heavy atom. The molecule has 1 saturated carbocycles. The number of carbonyl (C=O) groups excluding carboxylic acids is 1. The summed E-state index contributed by atoms with van der Waals surface area (Å²) in [5.74, 6) is 1.13. The summed E-state index contributed by atoms with van der Waals surface area (Å²) in [5.41, 5.74) is -0.109. The minimum absolute atomic E-state index is 0.301. The standard InChI is InChI=1S/C19H38N2O2/c1-14(18(2,3)4)12-20-16-11-9-8-10-15(16)13-21-17(22)23-19(5,6)7/h14-16,20H,8-13H2,1-7H3,(H,21,22). The van der Waals surface area contributed by atoms with E-state index in [4.69, 9.17) is 4.74 Å². The summed E-state index contributed by atoms with van der Waals surface area (Å²) in [6.45, 7) is 16.6. The van der Waals surface area contributed by atoms with Crippen molar-refractivity contribution in [3.05, 3.63) is 0 Å². The smallest absolute Gasteiger partial charge is 0.407 e. The monoisotopic (exact) mass is 326 g/mol. The summed E-state index contributed by atoms with van der Waals surface area (Å²) in [4.78, 5) is 11.9. The number of hydrogen-bond acceptors (Lipinski definition) is 3. The van der Waals surface area contributed by atoms with Crippen molar-refractivity contribution in [2.75, 3.05) is 13.1 Å². The van der Waals surface area contributed by atoms with Gasteiger partial charge >= 0.3 is 6.09 Å². The molecule has 136 valence electrons. The van der Waals surface area contributed by atoms with Crippen LogP contribution in [-0.4, -0.2) is 30.8 Å². The van der Waals surface area contributed by atoms with Crippen molar-refractivity contribution in [1.29, 1.82) is 0 Å². The SMILES string of the molecule is CC(CNC1CCCCC1CNC(=O)OC(C)(C)C)C(C)(C)C. The molecule has 3 unspecified atom stereocenters. The maximum absolute atomic E-state index is 11.9. The maximum atomic E-state index is 11.9. The van der Waals surface area contributed by atoms with Gasteiger partial charge in [0.2, 0.25) is 0 Å². The predicted molar refractivity (Wildman–Crippen MR) is 96.6 cm³/mol. The lowest BCUT2D eigenvalue weighted by Gasteiger charge is -2.35. The van der Waals surface area contributed by atoms with Crippen LogP contribution in [0.1, 0.15) is 74.1 Å². The zero-order valence-corrected chi connectivity index (χ0v) is 16.3. The second kappa shape index (κ2) is 8.36. The van der Waals surface area contributed by atoms with E-state index in [-0.39, 0.29) is 6.09 Å². The van der Waals surface area contributed by atoms with Crippen molar-refractivity contribution < 1.29 is 9.53 Å². The van der Waals surface area contributed by atoms with Gasteiger partial charge in [-0.1, -0.05) is 40.5 Å². The van der Waals surface area contributed by atoms with Crippen LogP contribution in [0.5, 0.6) is 0 Å². The lowest BCUT2D eigenvalue weighted by Crippen LogP contribution is -2.47. The zero-order valence-electron chi connectivity index (χ0n) is 16.3. The Labute approximate surface area is 143 Å². The first-order valence-corrected chi connectivity index (χ1v) is 9.19. The van der Waals surface area contributed by atoms with E-state index < -0.39 is 5.60 Å². The summed E-state index contributed by atoms with van der Waals surface area (Å²) in [5, 5.41) is 6.71. The highest BCUT2D eigenvalue weighted by molar-refractivity contribution is 5.67. The van der Waals surface area contributed by atoms with Crippen molar-refractivity contribution >= 4 is 6.09 Å². The largest absolute Gasteiger partial charge is 0.444 e.